The number of amides is 2. The Morgan fingerprint density at radius 1 is 0.917 bits per heavy atom. The highest BCUT2D eigenvalue weighted by Gasteiger charge is 2.08. The summed E-state index contributed by atoms with van der Waals surface area (Å²) in [6.45, 7) is -0.454. The highest BCUT2D eigenvalue weighted by Crippen LogP contribution is 2.13. The van der Waals surface area contributed by atoms with Gasteiger partial charge in [-0.1, -0.05) is 12.1 Å². The smallest absolute Gasteiger partial charge is 0.322 e. The van der Waals surface area contributed by atoms with Gasteiger partial charge in [-0.2, -0.15) is 0 Å². The van der Waals surface area contributed by atoms with Crippen LogP contribution in [0.2, 0.25) is 0 Å². The van der Waals surface area contributed by atoms with Gasteiger partial charge in [0.25, 0.3) is 5.91 Å². The number of carboxylic acids is 1. The van der Waals surface area contributed by atoms with E-state index >= 15 is 0 Å². The zero-order valence-corrected chi connectivity index (χ0v) is 12.7. The van der Waals surface area contributed by atoms with Crippen LogP contribution in [0.4, 0.5) is 5.69 Å². The van der Waals surface area contributed by atoms with Crippen LogP contribution in [-0.2, 0) is 16.0 Å². The third kappa shape index (κ3) is 5.13. The predicted octanol–water partition coefficient (Wildman–Crippen LogP) is 1.39. The molecule has 0 saturated heterocycles. The number of carbonyl (C=O) groups excluding carboxylic acids is 2. The molecule has 124 valence electrons. The molecule has 7 nitrogen and oxygen atoms in total. The highest BCUT2D eigenvalue weighted by molar-refractivity contribution is 5.97. The molecule has 4 N–H and O–H groups in total. The van der Waals surface area contributed by atoms with E-state index in [-0.39, 0.29) is 18.1 Å². The van der Waals surface area contributed by atoms with Crippen molar-refractivity contribution in [3.05, 3.63) is 59.7 Å². The van der Waals surface area contributed by atoms with E-state index in [2.05, 4.69) is 10.6 Å². The Balaban J connectivity index is 1.91. The lowest BCUT2D eigenvalue weighted by Crippen LogP contribution is -2.29. The van der Waals surface area contributed by atoms with Crippen LogP contribution >= 0.6 is 0 Å². The molecule has 0 unspecified atom stereocenters. The first-order valence-electron chi connectivity index (χ1n) is 7.12. The van der Waals surface area contributed by atoms with Crippen molar-refractivity contribution in [1.82, 2.24) is 5.32 Å². The fourth-order valence-corrected chi connectivity index (χ4v) is 1.97. The Morgan fingerprint density at radius 2 is 1.54 bits per heavy atom. The van der Waals surface area contributed by atoms with Gasteiger partial charge >= 0.3 is 5.97 Å². The second-order valence-corrected chi connectivity index (χ2v) is 5.05. The van der Waals surface area contributed by atoms with Crippen LogP contribution in [0.5, 0.6) is 5.75 Å². The monoisotopic (exact) mass is 328 g/mol. The maximum absolute atomic E-state index is 11.9. The van der Waals surface area contributed by atoms with Crippen molar-refractivity contribution >= 4 is 23.5 Å². The predicted molar refractivity (Wildman–Crippen MR) is 86.9 cm³/mol. The Morgan fingerprint density at radius 3 is 2.12 bits per heavy atom. The molecule has 0 aromatic heterocycles. The Hall–Kier alpha value is -3.35. The van der Waals surface area contributed by atoms with Gasteiger partial charge in [0.05, 0.1) is 6.42 Å². The van der Waals surface area contributed by atoms with Crippen molar-refractivity contribution in [1.29, 1.82) is 0 Å². The summed E-state index contributed by atoms with van der Waals surface area (Å²) in [5.74, 6) is -1.72. The zero-order chi connectivity index (χ0) is 17.5. The van der Waals surface area contributed by atoms with Gasteiger partial charge in [-0.3, -0.25) is 14.4 Å². The van der Waals surface area contributed by atoms with Crippen molar-refractivity contribution in [2.24, 2.45) is 0 Å². The molecule has 7 heteroatoms. The molecule has 2 aromatic rings. The first-order chi connectivity index (χ1) is 11.4. The Labute approximate surface area is 137 Å². The number of carbonyl (C=O) groups is 3. The quantitative estimate of drug-likeness (QED) is 0.639. The molecule has 2 amide bonds. The summed E-state index contributed by atoms with van der Waals surface area (Å²) >= 11 is 0. The van der Waals surface area contributed by atoms with Crippen LogP contribution in [-0.4, -0.2) is 34.5 Å². The third-order valence-electron chi connectivity index (χ3n) is 3.13. The molecule has 0 heterocycles. The molecule has 24 heavy (non-hydrogen) atoms. The van der Waals surface area contributed by atoms with Gasteiger partial charge in [-0.15, -0.1) is 0 Å². The number of phenols is 1. The normalized spacial score (nSPS) is 10.0. The molecule has 0 aliphatic rings. The number of benzene rings is 2. The van der Waals surface area contributed by atoms with Crippen LogP contribution in [0.15, 0.2) is 48.5 Å². The fourth-order valence-electron chi connectivity index (χ4n) is 1.97. The molecule has 2 aromatic carbocycles. The average Bonchev–Trinajstić information content (AvgIpc) is 2.55. The number of aromatic hydroxyl groups is 1. The molecule has 0 aliphatic heterocycles. The molecule has 0 spiro atoms. The number of hydrogen-bond donors (Lipinski definition) is 4. The second-order valence-electron chi connectivity index (χ2n) is 5.05. The maximum atomic E-state index is 11.9. The number of nitrogens with one attached hydrogen (secondary N) is 2. The number of carboxylic acid groups (broad SMARTS) is 1. The highest BCUT2D eigenvalue weighted by atomic mass is 16.4. The zero-order valence-electron chi connectivity index (χ0n) is 12.7. The summed E-state index contributed by atoms with van der Waals surface area (Å²) in [7, 11) is 0. The van der Waals surface area contributed by atoms with Gasteiger partial charge in [-0.25, -0.2) is 0 Å². The summed E-state index contributed by atoms with van der Waals surface area (Å²) in [4.78, 5) is 34.0. The average molecular weight is 328 g/mol. The minimum atomic E-state index is -1.12. The summed E-state index contributed by atoms with van der Waals surface area (Å²) in [6.07, 6.45) is 0.154. The van der Waals surface area contributed by atoms with Gasteiger partial charge in [0.1, 0.15) is 12.3 Å². The summed E-state index contributed by atoms with van der Waals surface area (Å²) < 4.78 is 0. The van der Waals surface area contributed by atoms with Gasteiger partial charge in [0.2, 0.25) is 5.91 Å². The van der Waals surface area contributed by atoms with E-state index in [9.17, 15) is 19.5 Å². The number of phenolic OH excluding ortho intramolecular Hbond substituents is 1. The minimum Gasteiger partial charge on any atom is -0.508 e. The largest absolute Gasteiger partial charge is 0.508 e. The Bertz CT molecular complexity index is 739. The molecule has 0 fully saturated rings. The molecule has 0 aliphatic carbocycles. The van der Waals surface area contributed by atoms with Crippen LogP contribution in [0.1, 0.15) is 15.9 Å². The minimum absolute atomic E-state index is 0.135. The van der Waals surface area contributed by atoms with Crippen LogP contribution < -0.4 is 10.6 Å². The summed E-state index contributed by atoms with van der Waals surface area (Å²) in [5, 5.41) is 22.7. The van der Waals surface area contributed by atoms with Crippen molar-refractivity contribution in [3.8, 4) is 5.75 Å². The lowest BCUT2D eigenvalue weighted by Gasteiger charge is -2.07. The summed E-state index contributed by atoms with van der Waals surface area (Å²) in [5.41, 5.74) is 1.58. The maximum Gasteiger partial charge on any atom is 0.322 e. The molecule has 0 radical (unpaired) electrons. The molecular weight excluding hydrogens is 312 g/mol. The van der Waals surface area contributed by atoms with Crippen molar-refractivity contribution in [3.63, 3.8) is 0 Å². The Kier molecular flexibility index (Phi) is 5.51. The second kappa shape index (κ2) is 7.77. The van der Waals surface area contributed by atoms with E-state index in [1.807, 2.05) is 0 Å². The van der Waals surface area contributed by atoms with Gasteiger partial charge < -0.3 is 20.8 Å². The molecule has 0 atom stereocenters. The van der Waals surface area contributed by atoms with Gasteiger partial charge in [0, 0.05) is 11.3 Å². The topological polar surface area (TPSA) is 116 Å². The number of aliphatic carboxylic acids is 1. The van der Waals surface area contributed by atoms with Crippen LogP contribution in [0.25, 0.3) is 0 Å². The van der Waals surface area contributed by atoms with Gasteiger partial charge in [-0.05, 0) is 42.0 Å². The van der Waals surface area contributed by atoms with E-state index in [1.165, 1.54) is 24.3 Å². The van der Waals surface area contributed by atoms with E-state index in [0.717, 1.165) is 5.56 Å². The van der Waals surface area contributed by atoms with Gasteiger partial charge in [0.15, 0.2) is 0 Å². The SMILES string of the molecule is O=C(O)CNC(=O)c1ccc(NC(=O)Cc2ccc(O)cc2)cc1. The number of rotatable bonds is 6. The third-order valence-corrected chi connectivity index (χ3v) is 3.13. The molecule has 2 rings (SSSR count). The lowest BCUT2D eigenvalue weighted by molar-refractivity contribution is -0.135. The van der Waals surface area contributed by atoms with Crippen molar-refractivity contribution in [2.75, 3.05) is 11.9 Å². The first-order valence-corrected chi connectivity index (χ1v) is 7.12. The van der Waals surface area contributed by atoms with Crippen LogP contribution in [0.3, 0.4) is 0 Å². The van der Waals surface area contributed by atoms with Crippen molar-refractivity contribution in [2.45, 2.75) is 6.42 Å². The fraction of sp³-hybridized carbons (Fsp3) is 0.118. The van der Waals surface area contributed by atoms with E-state index in [4.69, 9.17) is 5.11 Å². The standard InChI is InChI=1S/C17H16N2O5/c20-14-7-1-11(2-8-14)9-15(21)19-13-5-3-12(4-6-13)17(24)18-10-16(22)23/h1-8,20H,9-10H2,(H,18,24)(H,19,21)(H,22,23). The molecule has 0 bridgehead atoms. The lowest BCUT2D eigenvalue weighted by atomic mass is 10.1. The first kappa shape index (κ1) is 17.0. The number of hydrogen-bond acceptors (Lipinski definition) is 4. The van der Waals surface area contributed by atoms with Crippen molar-refractivity contribution < 1.29 is 24.6 Å². The number of anilines is 1. The summed E-state index contributed by atoms with van der Waals surface area (Å²) in [6, 6.07) is 12.4. The van der Waals surface area contributed by atoms with Crippen LogP contribution in [0, 0.1) is 0 Å². The van der Waals surface area contributed by atoms with E-state index in [1.54, 1.807) is 24.3 Å². The molecular formula is C17H16N2O5. The molecule has 0 saturated carbocycles. The van der Waals surface area contributed by atoms with E-state index in [0.29, 0.717) is 11.3 Å². The van der Waals surface area contributed by atoms with E-state index < -0.39 is 18.4 Å².